The van der Waals surface area contributed by atoms with Crippen molar-refractivity contribution in [1.82, 2.24) is 0 Å². The van der Waals surface area contributed by atoms with Gasteiger partial charge in [0.2, 0.25) is 0 Å². The Morgan fingerprint density at radius 2 is 1.75 bits per heavy atom. The molecule has 0 heterocycles. The maximum Gasteiger partial charge on any atom is -0.0410 e. The highest BCUT2D eigenvalue weighted by atomic mass is 31.0. The first-order valence-electron chi connectivity index (χ1n) is 1.12. The predicted molar refractivity (Wildman–Crippen MR) is 31.4 cm³/mol. The van der Waals surface area contributed by atoms with Gasteiger partial charge in [-0.05, 0) is 6.16 Å². The fourth-order valence-corrected chi connectivity index (χ4v) is 0. The Hall–Kier alpha value is 0.860. The summed E-state index contributed by atoms with van der Waals surface area (Å²) in [5.41, 5.74) is 0. The largest absolute Gasteiger partial charge is 0.153 e. The van der Waals surface area contributed by atoms with E-state index in [0.717, 1.165) is 0 Å². The van der Waals surface area contributed by atoms with E-state index in [1.165, 1.54) is 6.16 Å². The Morgan fingerprint density at radius 3 is 1.75 bits per heavy atom. The van der Waals surface area contributed by atoms with Crippen LogP contribution in [0.15, 0.2) is 0 Å². The van der Waals surface area contributed by atoms with Gasteiger partial charge in [0.1, 0.15) is 0 Å². The van der Waals surface area contributed by atoms with Crippen LogP contribution < -0.4 is 0 Å². The molecular weight excluding hydrogens is 86.0 g/mol. The summed E-state index contributed by atoms with van der Waals surface area (Å²) in [5.74, 6) is 0. The minimum absolute atomic E-state index is 0. The Kier molecular flexibility index (Phi) is 20.2. The Labute approximate surface area is 33.2 Å². The molecule has 0 rings (SSSR count). The third-order valence-corrected chi connectivity index (χ3v) is 0. The summed E-state index contributed by atoms with van der Waals surface area (Å²) >= 11 is 0. The van der Waals surface area contributed by atoms with E-state index < -0.39 is 0 Å². The first-order chi connectivity index (χ1) is 1.41. The fraction of sp³-hybridized carbons (Fsp3) is 1.00. The van der Waals surface area contributed by atoms with E-state index in [4.69, 9.17) is 0 Å². The summed E-state index contributed by atoms with van der Waals surface area (Å²) in [4.78, 5) is 0. The zero-order chi connectivity index (χ0) is 2.71. The molecule has 0 nitrogen and oxygen atoms in total. The van der Waals surface area contributed by atoms with Crippen LogP contribution >= 0.6 is 19.1 Å². The van der Waals surface area contributed by atoms with Crippen molar-refractivity contribution in [3.8, 4) is 0 Å². The van der Waals surface area contributed by atoms with E-state index in [-0.39, 0.29) is 9.90 Å². The summed E-state index contributed by atoms with van der Waals surface area (Å²) in [7, 11) is 2.58. The number of rotatable bonds is 0. The topological polar surface area (TPSA) is 0 Å². The lowest BCUT2D eigenvalue weighted by Gasteiger charge is -1.48. The van der Waals surface area contributed by atoms with Crippen LogP contribution in [0.5, 0.6) is 0 Å². The second-order valence-electron chi connectivity index (χ2n) is 0.408. The molecule has 0 aromatic rings. The highest BCUT2D eigenvalue weighted by Gasteiger charge is 1.35. The van der Waals surface area contributed by atoms with Crippen LogP contribution in [0, 0.1) is 0 Å². The molecule has 2 unspecified atom stereocenters. The maximum atomic E-state index is 2.58. The molecule has 4 heavy (non-hydrogen) atoms. The molecule has 0 saturated carbocycles. The van der Waals surface area contributed by atoms with Crippen molar-refractivity contribution in [2.45, 2.75) is 6.92 Å². The van der Waals surface area contributed by atoms with Gasteiger partial charge in [-0.2, -0.15) is 9.90 Å². The van der Waals surface area contributed by atoms with Crippen molar-refractivity contribution >= 4 is 19.1 Å². The molecule has 0 aliphatic heterocycles. The summed E-state index contributed by atoms with van der Waals surface area (Å²) in [6.07, 6.45) is 1.17. The van der Waals surface area contributed by atoms with Crippen molar-refractivity contribution in [2.24, 2.45) is 0 Å². The van der Waals surface area contributed by atoms with E-state index in [1.54, 1.807) is 0 Å². The van der Waals surface area contributed by atoms with Gasteiger partial charge in [-0.3, -0.25) is 0 Å². The summed E-state index contributed by atoms with van der Waals surface area (Å²) < 4.78 is 0. The third kappa shape index (κ3) is 13.4. The first kappa shape index (κ1) is 8.85. The van der Waals surface area contributed by atoms with Gasteiger partial charge in [-0.25, -0.2) is 0 Å². The van der Waals surface area contributed by atoms with E-state index in [1.807, 2.05) is 0 Å². The molecular formula is C2H10P2. The molecule has 2 atom stereocenters. The lowest BCUT2D eigenvalue weighted by molar-refractivity contribution is 1.53. The highest BCUT2D eigenvalue weighted by Crippen LogP contribution is 1.68. The molecule has 0 spiro atoms. The molecule has 0 aliphatic carbocycles. The first-order valence-corrected chi connectivity index (χ1v) is 1.93. The molecule has 28 valence electrons. The molecule has 0 bridgehead atoms. The fourth-order valence-electron chi connectivity index (χ4n) is 0. The van der Waals surface area contributed by atoms with Gasteiger partial charge in [0, 0.05) is 0 Å². The van der Waals surface area contributed by atoms with Crippen molar-refractivity contribution in [3.05, 3.63) is 0 Å². The van der Waals surface area contributed by atoms with Gasteiger partial charge in [0.05, 0.1) is 0 Å². The van der Waals surface area contributed by atoms with Crippen molar-refractivity contribution in [2.75, 3.05) is 6.16 Å². The van der Waals surface area contributed by atoms with Gasteiger partial charge in [-0.1, -0.05) is 6.92 Å². The Morgan fingerprint density at radius 1 is 1.75 bits per heavy atom. The average Bonchev–Trinajstić information content (AvgIpc) is 0.918. The number of hydrogen-bond donors (Lipinski definition) is 0. The SMILES string of the molecule is CCP.P. The lowest BCUT2D eigenvalue weighted by Crippen LogP contribution is -1.33. The van der Waals surface area contributed by atoms with E-state index in [9.17, 15) is 0 Å². The zero-order valence-electron chi connectivity index (χ0n) is 2.99. The molecule has 0 aromatic carbocycles. The molecule has 0 N–H and O–H groups in total. The van der Waals surface area contributed by atoms with Gasteiger partial charge in [-0.15, -0.1) is 9.24 Å². The summed E-state index contributed by atoms with van der Waals surface area (Å²) in [6.45, 7) is 2.09. The molecule has 0 amide bonds. The van der Waals surface area contributed by atoms with Gasteiger partial charge < -0.3 is 0 Å². The van der Waals surface area contributed by atoms with Crippen LogP contribution in [0.3, 0.4) is 0 Å². The van der Waals surface area contributed by atoms with E-state index in [2.05, 4.69) is 16.2 Å². The molecule has 0 fully saturated rings. The normalized spacial score (nSPS) is 4.50. The maximum absolute atomic E-state index is 2.58. The minimum atomic E-state index is 0. The zero-order valence-corrected chi connectivity index (χ0v) is 5.56. The highest BCUT2D eigenvalue weighted by molar-refractivity contribution is 7.16. The van der Waals surface area contributed by atoms with Gasteiger partial charge >= 0.3 is 0 Å². The molecule has 0 aliphatic rings. The van der Waals surface area contributed by atoms with Crippen LogP contribution in [-0.4, -0.2) is 6.16 Å². The van der Waals surface area contributed by atoms with Crippen molar-refractivity contribution in [1.29, 1.82) is 0 Å². The number of hydrogen-bond acceptors (Lipinski definition) is 0. The Bertz CT molecular complexity index is 4.00. The van der Waals surface area contributed by atoms with Crippen LogP contribution in [0.1, 0.15) is 6.92 Å². The average molecular weight is 96.0 g/mol. The minimum Gasteiger partial charge on any atom is -0.153 e. The second-order valence-corrected chi connectivity index (χ2v) is 1.22. The van der Waals surface area contributed by atoms with Crippen LogP contribution in [-0.2, 0) is 0 Å². The quantitative estimate of drug-likeness (QED) is 0.394. The molecule has 0 radical (unpaired) electrons. The van der Waals surface area contributed by atoms with Crippen LogP contribution in [0.2, 0.25) is 0 Å². The van der Waals surface area contributed by atoms with Crippen molar-refractivity contribution < 1.29 is 0 Å². The second kappa shape index (κ2) is 9.13. The van der Waals surface area contributed by atoms with Gasteiger partial charge in [0.25, 0.3) is 0 Å². The predicted octanol–water partition coefficient (Wildman–Crippen LogP) is 0.940. The summed E-state index contributed by atoms with van der Waals surface area (Å²) in [6, 6.07) is 0. The molecule has 0 aromatic heterocycles. The van der Waals surface area contributed by atoms with Crippen molar-refractivity contribution in [3.63, 3.8) is 0 Å². The third-order valence-electron chi connectivity index (χ3n) is 0. The lowest BCUT2D eigenvalue weighted by atomic mass is 11.0. The summed E-state index contributed by atoms with van der Waals surface area (Å²) in [5, 5.41) is 0. The molecule has 2 heteroatoms. The standard InChI is InChI=1S/C2H7P.H3P/c1-2-3;/h2-3H2,1H3;1H3. The molecule has 0 saturated heterocycles. The monoisotopic (exact) mass is 96.0 g/mol. The van der Waals surface area contributed by atoms with E-state index in [0.29, 0.717) is 0 Å². The van der Waals surface area contributed by atoms with Crippen LogP contribution in [0.4, 0.5) is 0 Å². The van der Waals surface area contributed by atoms with Gasteiger partial charge in [0.15, 0.2) is 0 Å². The smallest absolute Gasteiger partial charge is 0.0410 e. The van der Waals surface area contributed by atoms with Crippen LogP contribution in [0.25, 0.3) is 0 Å². The Balaban J connectivity index is 0. The van der Waals surface area contributed by atoms with E-state index >= 15 is 0 Å².